The number of nitrogens with zero attached hydrogens (tertiary/aromatic N) is 1. The summed E-state index contributed by atoms with van der Waals surface area (Å²) in [5.41, 5.74) is 1.60. The average Bonchev–Trinajstić information content (AvgIpc) is 2.65. The molecule has 0 bridgehead atoms. The standard InChI is InChI=1S/C14H14F3NO4/c15-14(16,17)13(21)18-5-3-9-1-2-11(22-8-12(19)20)7-10(9)4-6-18/h1-2,7H,3-6,8H2,(H,19,20). The summed E-state index contributed by atoms with van der Waals surface area (Å²) in [6.07, 6.45) is -4.29. The average molecular weight is 317 g/mol. The van der Waals surface area contributed by atoms with Gasteiger partial charge < -0.3 is 14.7 Å². The number of alkyl halides is 3. The van der Waals surface area contributed by atoms with Crippen LogP contribution in [0.5, 0.6) is 5.75 Å². The molecule has 1 aliphatic rings. The van der Waals surface area contributed by atoms with E-state index in [1.807, 2.05) is 0 Å². The van der Waals surface area contributed by atoms with Crippen LogP contribution in [0.2, 0.25) is 0 Å². The zero-order chi connectivity index (χ0) is 16.3. The van der Waals surface area contributed by atoms with Gasteiger partial charge in [0.1, 0.15) is 5.75 Å². The Labute approximate surface area is 124 Å². The maximum Gasteiger partial charge on any atom is 0.471 e. The number of carbonyl (C=O) groups is 2. The first-order valence-electron chi connectivity index (χ1n) is 6.60. The van der Waals surface area contributed by atoms with Crippen molar-refractivity contribution in [2.24, 2.45) is 0 Å². The van der Waals surface area contributed by atoms with Crippen molar-refractivity contribution in [1.82, 2.24) is 4.90 Å². The second-order valence-electron chi connectivity index (χ2n) is 4.90. The largest absolute Gasteiger partial charge is 0.482 e. The predicted molar refractivity (Wildman–Crippen MR) is 69.6 cm³/mol. The fourth-order valence-corrected chi connectivity index (χ4v) is 2.32. The van der Waals surface area contributed by atoms with E-state index in [2.05, 4.69) is 0 Å². The van der Waals surface area contributed by atoms with E-state index in [0.29, 0.717) is 12.2 Å². The molecule has 5 nitrogen and oxygen atoms in total. The van der Waals surface area contributed by atoms with Crippen molar-refractivity contribution < 1.29 is 32.6 Å². The number of hydrogen-bond acceptors (Lipinski definition) is 3. The molecule has 0 aliphatic carbocycles. The van der Waals surface area contributed by atoms with Crippen LogP contribution in [-0.4, -0.2) is 47.8 Å². The summed E-state index contributed by atoms with van der Waals surface area (Å²) in [5, 5.41) is 8.55. The van der Waals surface area contributed by atoms with Gasteiger partial charge in [0.05, 0.1) is 0 Å². The molecule has 1 heterocycles. The van der Waals surface area contributed by atoms with Crippen LogP contribution in [-0.2, 0) is 22.4 Å². The highest BCUT2D eigenvalue weighted by atomic mass is 19.4. The quantitative estimate of drug-likeness (QED) is 0.920. The SMILES string of the molecule is O=C(O)COc1ccc2c(c1)CCN(C(=O)C(F)(F)F)CC2. The lowest BCUT2D eigenvalue weighted by Gasteiger charge is -2.21. The van der Waals surface area contributed by atoms with Gasteiger partial charge in [-0.2, -0.15) is 13.2 Å². The number of fused-ring (bicyclic) bond motifs is 1. The highest BCUT2D eigenvalue weighted by Crippen LogP contribution is 2.24. The zero-order valence-corrected chi connectivity index (χ0v) is 11.5. The van der Waals surface area contributed by atoms with Crippen LogP contribution in [0.1, 0.15) is 11.1 Å². The van der Waals surface area contributed by atoms with Crippen LogP contribution < -0.4 is 4.74 Å². The summed E-state index contributed by atoms with van der Waals surface area (Å²) in [6.45, 7) is -0.522. The number of hydrogen-bond donors (Lipinski definition) is 1. The van der Waals surface area contributed by atoms with E-state index < -0.39 is 24.7 Å². The molecule has 0 unspecified atom stereocenters. The fraction of sp³-hybridized carbons (Fsp3) is 0.429. The normalized spacial score (nSPS) is 15.0. The molecular weight excluding hydrogens is 303 g/mol. The van der Waals surface area contributed by atoms with Crippen molar-refractivity contribution in [3.63, 3.8) is 0 Å². The number of benzene rings is 1. The number of carboxylic acid groups (broad SMARTS) is 1. The van der Waals surface area contributed by atoms with E-state index in [-0.39, 0.29) is 19.5 Å². The molecule has 0 spiro atoms. The van der Waals surface area contributed by atoms with Crippen molar-refractivity contribution in [2.75, 3.05) is 19.7 Å². The number of aliphatic carboxylic acids is 1. The zero-order valence-electron chi connectivity index (χ0n) is 11.5. The van der Waals surface area contributed by atoms with E-state index in [9.17, 15) is 22.8 Å². The fourth-order valence-electron chi connectivity index (χ4n) is 2.32. The molecule has 1 aromatic carbocycles. The Balaban J connectivity index is 2.08. The van der Waals surface area contributed by atoms with Gasteiger partial charge in [0.15, 0.2) is 6.61 Å². The molecular formula is C14H14F3NO4. The van der Waals surface area contributed by atoms with E-state index in [4.69, 9.17) is 9.84 Å². The van der Waals surface area contributed by atoms with Gasteiger partial charge in [-0.15, -0.1) is 0 Å². The lowest BCUT2D eigenvalue weighted by molar-refractivity contribution is -0.185. The van der Waals surface area contributed by atoms with Crippen molar-refractivity contribution in [3.05, 3.63) is 29.3 Å². The van der Waals surface area contributed by atoms with Gasteiger partial charge in [-0.25, -0.2) is 4.79 Å². The van der Waals surface area contributed by atoms with Gasteiger partial charge in [0.25, 0.3) is 0 Å². The third-order valence-corrected chi connectivity index (χ3v) is 3.37. The summed E-state index contributed by atoms with van der Waals surface area (Å²) >= 11 is 0. The van der Waals surface area contributed by atoms with E-state index in [0.717, 1.165) is 16.0 Å². The molecule has 1 N–H and O–H groups in total. The first kappa shape index (κ1) is 16.1. The van der Waals surface area contributed by atoms with E-state index in [1.165, 1.54) is 0 Å². The van der Waals surface area contributed by atoms with Gasteiger partial charge in [0, 0.05) is 13.1 Å². The Bertz CT molecular complexity index is 586. The molecule has 1 amide bonds. The van der Waals surface area contributed by atoms with Crippen LogP contribution in [0.4, 0.5) is 13.2 Å². The molecule has 22 heavy (non-hydrogen) atoms. The van der Waals surface area contributed by atoms with Crippen LogP contribution in [0.3, 0.4) is 0 Å². The summed E-state index contributed by atoms with van der Waals surface area (Å²) < 4.78 is 42.4. The molecule has 0 saturated carbocycles. The molecule has 1 aliphatic heterocycles. The molecule has 0 aromatic heterocycles. The Hall–Kier alpha value is -2.25. The number of carbonyl (C=O) groups excluding carboxylic acids is 1. The first-order valence-corrected chi connectivity index (χ1v) is 6.60. The van der Waals surface area contributed by atoms with E-state index in [1.54, 1.807) is 18.2 Å². The van der Waals surface area contributed by atoms with Crippen LogP contribution in [0, 0.1) is 0 Å². The number of amides is 1. The van der Waals surface area contributed by atoms with Crippen molar-refractivity contribution in [3.8, 4) is 5.75 Å². The molecule has 0 atom stereocenters. The minimum atomic E-state index is -4.87. The lowest BCUT2D eigenvalue weighted by atomic mass is 10.0. The summed E-state index contributed by atoms with van der Waals surface area (Å²) in [7, 11) is 0. The Morgan fingerprint density at radius 2 is 1.82 bits per heavy atom. The molecule has 0 fully saturated rings. The monoisotopic (exact) mass is 317 g/mol. The number of rotatable bonds is 3. The topological polar surface area (TPSA) is 66.8 Å². The minimum Gasteiger partial charge on any atom is -0.482 e. The van der Waals surface area contributed by atoms with Gasteiger partial charge in [-0.05, 0) is 36.1 Å². The molecule has 8 heteroatoms. The van der Waals surface area contributed by atoms with E-state index >= 15 is 0 Å². The van der Waals surface area contributed by atoms with Crippen LogP contribution >= 0.6 is 0 Å². The van der Waals surface area contributed by atoms with Gasteiger partial charge >= 0.3 is 18.1 Å². The molecule has 0 radical (unpaired) electrons. The summed E-state index contributed by atoms with van der Waals surface area (Å²) in [5.74, 6) is -2.60. The molecule has 2 rings (SSSR count). The number of ether oxygens (including phenoxy) is 1. The smallest absolute Gasteiger partial charge is 0.471 e. The summed E-state index contributed by atoms with van der Waals surface area (Å²) in [4.78, 5) is 22.5. The number of carboxylic acids is 1. The third-order valence-electron chi connectivity index (χ3n) is 3.37. The second kappa shape index (κ2) is 6.25. The highest BCUT2D eigenvalue weighted by molar-refractivity contribution is 5.82. The van der Waals surface area contributed by atoms with Crippen LogP contribution in [0.15, 0.2) is 18.2 Å². The maximum absolute atomic E-state index is 12.5. The Morgan fingerprint density at radius 1 is 1.18 bits per heavy atom. The minimum absolute atomic E-state index is 0.000668. The highest BCUT2D eigenvalue weighted by Gasteiger charge is 2.42. The van der Waals surface area contributed by atoms with Crippen LogP contribution in [0.25, 0.3) is 0 Å². The summed E-state index contributed by atoms with van der Waals surface area (Å²) in [6, 6.07) is 4.87. The number of halogens is 3. The predicted octanol–water partition coefficient (Wildman–Crippen LogP) is 1.64. The third kappa shape index (κ3) is 3.90. The Kier molecular flexibility index (Phi) is 4.58. The van der Waals surface area contributed by atoms with Crippen molar-refractivity contribution in [1.29, 1.82) is 0 Å². The van der Waals surface area contributed by atoms with Crippen molar-refractivity contribution >= 4 is 11.9 Å². The second-order valence-corrected chi connectivity index (χ2v) is 4.90. The van der Waals surface area contributed by atoms with Gasteiger partial charge in [0.2, 0.25) is 0 Å². The lowest BCUT2D eigenvalue weighted by Crippen LogP contribution is -2.42. The Morgan fingerprint density at radius 3 is 2.41 bits per heavy atom. The maximum atomic E-state index is 12.5. The molecule has 0 saturated heterocycles. The van der Waals surface area contributed by atoms with Gasteiger partial charge in [-0.1, -0.05) is 6.07 Å². The first-order chi connectivity index (χ1) is 10.3. The molecule has 120 valence electrons. The van der Waals surface area contributed by atoms with Crippen molar-refractivity contribution in [2.45, 2.75) is 19.0 Å². The molecule has 1 aromatic rings. The van der Waals surface area contributed by atoms with Gasteiger partial charge in [-0.3, -0.25) is 4.79 Å².